The van der Waals surface area contributed by atoms with Gasteiger partial charge in [-0.25, -0.2) is 0 Å². The maximum Gasteiger partial charge on any atom is 0.113 e. The van der Waals surface area contributed by atoms with E-state index in [0.717, 1.165) is 39.6 Å². The molecule has 720 valence electrons. The molecule has 0 unspecified atom stereocenters. The lowest BCUT2D eigenvalue weighted by atomic mass is 9.70. The van der Waals surface area contributed by atoms with Gasteiger partial charge in [0.1, 0.15) is 7.85 Å². The lowest BCUT2D eigenvalue weighted by Crippen LogP contribution is -2.44. The molecule has 0 aliphatic heterocycles. The van der Waals surface area contributed by atoms with Crippen LogP contribution in [0.4, 0.5) is 34.1 Å². The van der Waals surface area contributed by atoms with Crippen molar-refractivity contribution in [3.63, 3.8) is 0 Å². The number of hydrogen-bond donors (Lipinski definition) is 2. The van der Waals surface area contributed by atoms with Gasteiger partial charge in [0.2, 0.25) is 0 Å². The van der Waals surface area contributed by atoms with Crippen LogP contribution in [0.2, 0.25) is 0 Å². The van der Waals surface area contributed by atoms with E-state index in [9.17, 15) is 0 Å². The van der Waals surface area contributed by atoms with E-state index in [1.807, 2.05) is 12.1 Å². The molecule has 0 saturated carbocycles. The molecule has 2 aliphatic carbocycles. The van der Waals surface area contributed by atoms with Crippen LogP contribution in [0.1, 0.15) is 295 Å². The van der Waals surface area contributed by atoms with Gasteiger partial charge in [-0.05, 0) is 296 Å². The van der Waals surface area contributed by atoms with Crippen LogP contribution in [0.5, 0.6) is 0 Å². The van der Waals surface area contributed by atoms with Gasteiger partial charge >= 0.3 is 0 Å². The summed E-state index contributed by atoms with van der Waals surface area (Å²) >= 11 is 11.5. The smallest absolute Gasteiger partial charge is 0.113 e. The second-order valence-corrected chi connectivity index (χ2v) is 42.4. The first-order chi connectivity index (χ1) is 65.8. The number of hydrogen-bond acceptors (Lipinski definition) is 4. The van der Waals surface area contributed by atoms with Gasteiger partial charge in [-0.3, -0.25) is 0 Å². The Morgan fingerprint density at radius 2 is 0.406 bits per heavy atom. The van der Waals surface area contributed by atoms with Crippen molar-refractivity contribution in [1.29, 1.82) is 0 Å². The Labute approximate surface area is 859 Å². The van der Waals surface area contributed by atoms with Crippen molar-refractivity contribution in [3.8, 4) is 77.9 Å². The fraction of sp³-hybridized carbons (Fsp3) is 0.354. The Bertz CT molecular complexity index is 5760. The highest BCUT2D eigenvalue weighted by molar-refractivity contribution is 9.11. The van der Waals surface area contributed by atoms with Crippen LogP contribution < -0.4 is 15.3 Å². The Morgan fingerprint density at radius 3 is 0.623 bits per heavy atom. The number of benzene rings is 14. The highest BCUT2D eigenvalue weighted by atomic mass is 79.9. The maximum atomic E-state index is 9.10. The standard InChI is InChI=1S/C61H66BrN.C32H26BN.C29H40Br2.C6H14O2.2CH4/c1-5-7-9-11-13-15-41-61(42-16-14-12-10-8-6-2)59-43-52(31-39-57(59)58-40-32-53(62)44-60(58)61)51-29-37-56(38-30-51)63(54-33-25-49(26-34-54)47-21-17-45(3)18-22-47)55-35-27-50(28-36-55)48-23-19-46(4)20-24-48;1-23-3-7-25(8-4-23)27-11-17-30(18-12-27)34(32-21-15-29(33)16-22-32)31-19-13-28(14-20-31)26-9-5-24(2)6-10-26;1-3-5-7-9-11-13-19-29(20-14-12-10-8-6-4-2)27-21-23(30)15-17-25(27)26-18-16-24(31)22-28(26)29;1-5(2,7)6(3,4)8;;/h17-40,43-44H,5-16,41-42H2,1-4H3;3-22H,1-2H3;15-18,21-22H,3-14,19-20H2,1-2H3;7-8H,1-4H3;2*1H4. The number of nitrogens with zero attached hydrogens (tertiary/aromatic N) is 2. The van der Waals surface area contributed by atoms with E-state index in [4.69, 9.17) is 18.1 Å². The van der Waals surface area contributed by atoms with Crippen LogP contribution in [-0.2, 0) is 10.8 Å². The van der Waals surface area contributed by atoms with Crippen molar-refractivity contribution >= 4 is 95.2 Å². The minimum absolute atomic E-state index is 0. The molecule has 0 saturated heterocycles. The van der Waals surface area contributed by atoms with Crippen LogP contribution in [-0.4, -0.2) is 29.3 Å². The average Bonchev–Trinajstić information content (AvgIpc) is 1.57. The predicted octanol–water partition coefficient (Wildman–Crippen LogP) is 40.0. The Balaban J connectivity index is 0.000000205. The summed E-state index contributed by atoms with van der Waals surface area (Å²) < 4.78 is 3.63. The summed E-state index contributed by atoms with van der Waals surface area (Å²) in [7, 11) is 5.98. The first-order valence-electron chi connectivity index (χ1n) is 51.1. The minimum Gasteiger partial charge on any atom is -0.387 e. The van der Waals surface area contributed by atoms with E-state index in [-0.39, 0.29) is 25.7 Å². The number of aryl methyl sites for hydroxylation is 4. The van der Waals surface area contributed by atoms with Crippen LogP contribution in [0.3, 0.4) is 0 Å². The number of unbranched alkanes of at least 4 members (excludes halogenated alkanes) is 20. The van der Waals surface area contributed by atoms with Crippen LogP contribution >= 0.6 is 47.8 Å². The monoisotopic (exact) mass is 2020 g/mol. The molecular formula is C130H154BBr3N2O2. The summed E-state index contributed by atoms with van der Waals surface area (Å²) in [6.45, 7) is 24.1. The van der Waals surface area contributed by atoms with Crippen molar-refractivity contribution in [3.05, 3.63) is 373 Å². The quantitative estimate of drug-likeness (QED) is 0.0297. The summed E-state index contributed by atoms with van der Waals surface area (Å²) in [6.07, 6.45) is 37.2. The number of aliphatic hydroxyl groups is 2. The minimum atomic E-state index is -1.01. The van der Waals surface area contributed by atoms with Gasteiger partial charge < -0.3 is 20.0 Å². The molecule has 16 rings (SSSR count). The maximum absolute atomic E-state index is 9.10. The van der Waals surface area contributed by atoms with Crippen LogP contribution in [0, 0.1) is 27.7 Å². The van der Waals surface area contributed by atoms with Gasteiger partial charge in [-0.1, -0.05) is 472 Å². The van der Waals surface area contributed by atoms with Gasteiger partial charge in [0.15, 0.2) is 0 Å². The first-order valence-corrected chi connectivity index (χ1v) is 53.4. The lowest BCUT2D eigenvalue weighted by Gasteiger charge is -2.33. The van der Waals surface area contributed by atoms with Crippen molar-refractivity contribution in [1.82, 2.24) is 0 Å². The molecule has 0 aromatic heterocycles. The number of rotatable bonds is 40. The molecule has 0 heterocycles. The molecule has 0 bridgehead atoms. The van der Waals surface area contributed by atoms with Gasteiger partial charge in [0.05, 0.1) is 11.2 Å². The zero-order valence-electron chi connectivity index (χ0n) is 83.3. The third-order valence-electron chi connectivity index (χ3n) is 28.6. The molecule has 8 heteroatoms. The molecule has 2 aliphatic rings. The molecule has 14 aromatic carbocycles. The Morgan fingerprint density at radius 1 is 0.232 bits per heavy atom. The third kappa shape index (κ3) is 28.5. The topological polar surface area (TPSA) is 46.9 Å². The molecule has 4 nitrogen and oxygen atoms in total. The van der Waals surface area contributed by atoms with Gasteiger partial charge in [-0.2, -0.15) is 0 Å². The second-order valence-electron chi connectivity index (χ2n) is 39.6. The summed E-state index contributed by atoms with van der Waals surface area (Å²) in [5.74, 6) is 0. The molecule has 0 spiro atoms. The van der Waals surface area contributed by atoms with Gasteiger partial charge in [-0.15, -0.1) is 0 Å². The van der Waals surface area contributed by atoms with Crippen molar-refractivity contribution in [2.45, 2.75) is 300 Å². The largest absolute Gasteiger partial charge is 0.387 e. The first kappa shape index (κ1) is 109. The third-order valence-corrected chi connectivity index (χ3v) is 30.1. The van der Waals surface area contributed by atoms with E-state index in [0.29, 0.717) is 0 Å². The zero-order chi connectivity index (χ0) is 96.2. The molecule has 138 heavy (non-hydrogen) atoms. The normalized spacial score (nSPS) is 12.4. The molecule has 0 amide bonds. The van der Waals surface area contributed by atoms with E-state index < -0.39 is 11.2 Å². The lowest BCUT2D eigenvalue weighted by molar-refractivity contribution is -0.107. The summed E-state index contributed by atoms with van der Waals surface area (Å²) in [6, 6.07) is 116. The number of halogens is 3. The second kappa shape index (κ2) is 52.6. The molecule has 2 radical (unpaired) electrons. The SMILES string of the molecule is C.C.CC(C)(O)C(C)(C)O.CCCCCCCCC1(CCCCCCCC)c2cc(Br)ccc2-c2ccc(-c3ccc(N(c4ccc(-c5ccc(C)cc5)cc4)c4ccc(-c5ccc(C)cc5)cc4)cc3)cc21.CCCCCCCCC1(CCCCCCCC)c2cc(Br)ccc2-c2ccc(Br)cc21.[B]c1ccc(N(c2ccc(-c3ccc(C)cc3)cc2)c2ccc(-c3ccc(C)cc3)cc2)cc1. The molecule has 0 atom stereocenters. The average molecular weight is 2030 g/mol. The van der Waals surface area contributed by atoms with E-state index in [1.165, 1.54) is 293 Å². The van der Waals surface area contributed by atoms with Crippen molar-refractivity contribution in [2.24, 2.45) is 0 Å². The van der Waals surface area contributed by atoms with Crippen LogP contribution in [0.15, 0.2) is 329 Å². The van der Waals surface area contributed by atoms with Crippen molar-refractivity contribution in [2.75, 3.05) is 9.80 Å². The molecule has 14 aromatic rings. The summed E-state index contributed by atoms with van der Waals surface area (Å²) in [5.41, 5.74) is 35.1. The van der Waals surface area contributed by atoms with Gasteiger partial charge in [0.25, 0.3) is 0 Å². The Hall–Kier alpha value is -9.90. The van der Waals surface area contributed by atoms with E-state index >= 15 is 0 Å². The summed E-state index contributed by atoms with van der Waals surface area (Å²) in [5, 5.41) is 18.2. The fourth-order valence-electron chi connectivity index (χ4n) is 19.8. The van der Waals surface area contributed by atoms with E-state index in [1.54, 1.807) is 49.9 Å². The molecular weight excluding hydrogens is 1870 g/mol. The van der Waals surface area contributed by atoms with Gasteiger partial charge in [0, 0.05) is 58.4 Å². The fourth-order valence-corrected chi connectivity index (χ4v) is 20.8. The number of anilines is 6. The predicted molar refractivity (Wildman–Crippen MR) is 614 cm³/mol. The Kier molecular flexibility index (Phi) is 41.3. The summed E-state index contributed by atoms with van der Waals surface area (Å²) in [4.78, 5) is 4.65. The molecule has 2 N–H and O–H groups in total. The highest BCUT2D eigenvalue weighted by Gasteiger charge is 2.44. The van der Waals surface area contributed by atoms with E-state index in [2.05, 4.69) is 416 Å². The number of fused-ring (bicyclic) bond motifs is 6. The highest BCUT2D eigenvalue weighted by Crippen LogP contribution is 2.58. The molecule has 0 fully saturated rings. The van der Waals surface area contributed by atoms with Crippen LogP contribution in [0.25, 0.3) is 77.9 Å². The van der Waals surface area contributed by atoms with Crippen molar-refractivity contribution < 1.29 is 10.2 Å². The zero-order valence-corrected chi connectivity index (χ0v) is 88.1.